The van der Waals surface area contributed by atoms with E-state index in [9.17, 15) is 9.90 Å². The Balaban J connectivity index is 2.05. The number of carbonyl (C=O) groups excluding carboxylic acids is 1. The molecule has 6 nitrogen and oxygen atoms in total. The summed E-state index contributed by atoms with van der Waals surface area (Å²) >= 11 is 0. The fraction of sp³-hybridized carbons (Fsp3) is 0.417. The summed E-state index contributed by atoms with van der Waals surface area (Å²) in [5.41, 5.74) is 0.608. The number of aliphatic hydroxyl groups excluding tert-OH is 1. The van der Waals surface area contributed by atoms with Gasteiger partial charge in [0, 0.05) is 18.7 Å². The molecular weight excluding hydrogens is 238 g/mol. The number of rotatable bonds is 5. The first kappa shape index (κ1) is 12.5. The minimum absolute atomic E-state index is 0.0960. The minimum atomic E-state index is -0.161. The van der Waals surface area contributed by atoms with Gasteiger partial charge in [-0.15, -0.1) is 0 Å². The summed E-state index contributed by atoms with van der Waals surface area (Å²) in [4.78, 5) is 11.1. The second-order valence-electron chi connectivity index (χ2n) is 3.74. The summed E-state index contributed by atoms with van der Waals surface area (Å²) in [5, 5.41) is 11.8. The van der Waals surface area contributed by atoms with Crippen LogP contribution in [-0.2, 0) is 11.4 Å². The van der Waals surface area contributed by atoms with Crippen molar-refractivity contribution < 1.29 is 24.1 Å². The lowest BCUT2D eigenvalue weighted by molar-refractivity contribution is -0.121. The number of ether oxygens (including phenoxy) is 3. The van der Waals surface area contributed by atoms with Crippen molar-refractivity contribution in [2.24, 2.45) is 0 Å². The van der Waals surface area contributed by atoms with Gasteiger partial charge in [0.25, 0.3) is 0 Å². The van der Waals surface area contributed by atoms with Crippen molar-refractivity contribution in [3.8, 4) is 17.2 Å². The predicted molar refractivity (Wildman–Crippen MR) is 62.7 cm³/mol. The molecule has 2 rings (SSSR count). The van der Waals surface area contributed by atoms with E-state index in [1.165, 1.54) is 0 Å². The maximum atomic E-state index is 11.1. The molecular formula is C12H15NO5. The molecule has 0 saturated carbocycles. The van der Waals surface area contributed by atoms with Gasteiger partial charge in [-0.3, -0.25) is 4.79 Å². The lowest BCUT2D eigenvalue weighted by Gasteiger charge is -2.10. The Morgan fingerprint density at radius 3 is 2.83 bits per heavy atom. The summed E-state index contributed by atoms with van der Waals surface area (Å²) in [5.74, 6) is 1.59. The molecule has 1 aromatic carbocycles. The summed E-state index contributed by atoms with van der Waals surface area (Å²) in [6.07, 6.45) is 0.260. The largest absolute Gasteiger partial charge is 0.493 e. The van der Waals surface area contributed by atoms with E-state index >= 15 is 0 Å². The molecule has 0 unspecified atom stereocenters. The normalized spacial score (nSPS) is 12.3. The molecule has 0 radical (unpaired) electrons. The van der Waals surface area contributed by atoms with Gasteiger partial charge in [0.2, 0.25) is 12.7 Å². The number of aliphatic hydroxyl groups is 1. The molecule has 0 saturated heterocycles. The van der Waals surface area contributed by atoms with Crippen LogP contribution in [0.2, 0.25) is 0 Å². The molecule has 0 bridgehead atoms. The SMILES string of the molecule is CNC(=O)CCOc1cc2c(cc1CO)OCO2. The number of carbonyl (C=O) groups is 1. The van der Waals surface area contributed by atoms with Crippen molar-refractivity contribution in [2.45, 2.75) is 13.0 Å². The standard InChI is InChI=1S/C12H15NO5/c1-13-12(15)2-3-16-9-5-11-10(17-7-18-11)4-8(9)6-14/h4-5,14H,2-3,6-7H2,1H3,(H,13,15). The molecule has 1 aliphatic heterocycles. The Morgan fingerprint density at radius 1 is 1.44 bits per heavy atom. The lowest BCUT2D eigenvalue weighted by Crippen LogP contribution is -2.20. The first-order valence-corrected chi connectivity index (χ1v) is 5.61. The summed E-state index contributed by atoms with van der Waals surface area (Å²) in [6, 6.07) is 3.34. The summed E-state index contributed by atoms with van der Waals surface area (Å²) < 4.78 is 15.9. The quantitative estimate of drug-likeness (QED) is 0.795. The Bertz CT molecular complexity index is 446. The molecule has 1 heterocycles. The van der Waals surface area contributed by atoms with Gasteiger partial charge >= 0.3 is 0 Å². The fourth-order valence-corrected chi connectivity index (χ4v) is 1.60. The first-order chi connectivity index (χ1) is 8.74. The number of amides is 1. The average Bonchev–Trinajstić information content (AvgIpc) is 2.84. The van der Waals surface area contributed by atoms with Crippen molar-refractivity contribution in [1.29, 1.82) is 0 Å². The number of nitrogens with one attached hydrogen (secondary N) is 1. The van der Waals surface area contributed by atoms with Crippen LogP contribution < -0.4 is 19.5 Å². The van der Waals surface area contributed by atoms with Crippen LogP contribution >= 0.6 is 0 Å². The Hall–Kier alpha value is -1.95. The first-order valence-electron chi connectivity index (χ1n) is 5.61. The zero-order valence-electron chi connectivity index (χ0n) is 10.1. The average molecular weight is 253 g/mol. The predicted octanol–water partition coefficient (Wildman–Crippen LogP) is 0.422. The highest BCUT2D eigenvalue weighted by atomic mass is 16.7. The van der Waals surface area contributed by atoms with E-state index < -0.39 is 0 Å². The third-order valence-corrected chi connectivity index (χ3v) is 2.59. The Morgan fingerprint density at radius 2 is 2.17 bits per heavy atom. The van der Waals surface area contributed by atoms with Crippen LogP contribution in [0.5, 0.6) is 17.2 Å². The number of fused-ring (bicyclic) bond motifs is 1. The molecule has 98 valence electrons. The van der Waals surface area contributed by atoms with Gasteiger partial charge in [0.15, 0.2) is 11.5 Å². The number of hydrogen-bond donors (Lipinski definition) is 2. The van der Waals surface area contributed by atoms with Crippen LogP contribution in [0.25, 0.3) is 0 Å². The van der Waals surface area contributed by atoms with Gasteiger partial charge in [-0.1, -0.05) is 0 Å². The molecule has 0 atom stereocenters. The van der Waals surface area contributed by atoms with Gasteiger partial charge in [0.1, 0.15) is 5.75 Å². The number of hydrogen-bond acceptors (Lipinski definition) is 5. The van der Waals surface area contributed by atoms with E-state index in [0.29, 0.717) is 22.8 Å². The van der Waals surface area contributed by atoms with E-state index in [1.54, 1.807) is 19.2 Å². The Kier molecular flexibility index (Phi) is 3.88. The van der Waals surface area contributed by atoms with Crippen LogP contribution in [0.3, 0.4) is 0 Å². The summed E-state index contributed by atoms with van der Waals surface area (Å²) in [7, 11) is 1.57. The van der Waals surface area contributed by atoms with Crippen molar-refractivity contribution in [3.63, 3.8) is 0 Å². The molecule has 1 amide bonds. The molecule has 0 aliphatic carbocycles. The van der Waals surface area contributed by atoms with E-state index in [4.69, 9.17) is 14.2 Å². The van der Waals surface area contributed by atoms with Crippen LogP contribution in [0, 0.1) is 0 Å². The van der Waals surface area contributed by atoms with Gasteiger partial charge in [-0.05, 0) is 6.07 Å². The van der Waals surface area contributed by atoms with Crippen LogP contribution in [0.4, 0.5) is 0 Å². The fourth-order valence-electron chi connectivity index (χ4n) is 1.60. The molecule has 0 aromatic heterocycles. The van der Waals surface area contributed by atoms with Gasteiger partial charge < -0.3 is 24.6 Å². The van der Waals surface area contributed by atoms with Crippen molar-refractivity contribution >= 4 is 5.91 Å². The topological polar surface area (TPSA) is 77.0 Å². The maximum absolute atomic E-state index is 11.1. The van der Waals surface area contributed by atoms with E-state index in [2.05, 4.69) is 5.32 Å². The molecule has 0 spiro atoms. The van der Waals surface area contributed by atoms with Crippen LogP contribution in [-0.4, -0.2) is 31.5 Å². The van der Waals surface area contributed by atoms with Crippen LogP contribution in [0.15, 0.2) is 12.1 Å². The van der Waals surface area contributed by atoms with Crippen molar-refractivity contribution in [1.82, 2.24) is 5.32 Å². The maximum Gasteiger partial charge on any atom is 0.231 e. The van der Waals surface area contributed by atoms with E-state index in [0.717, 1.165) is 0 Å². The molecule has 1 aromatic rings. The summed E-state index contributed by atoms with van der Waals surface area (Å²) in [6.45, 7) is 0.250. The van der Waals surface area contributed by atoms with Gasteiger partial charge in [0.05, 0.1) is 19.6 Å². The van der Waals surface area contributed by atoms with Gasteiger partial charge in [-0.2, -0.15) is 0 Å². The molecule has 2 N–H and O–H groups in total. The third kappa shape index (κ3) is 2.65. The van der Waals surface area contributed by atoms with Gasteiger partial charge in [-0.25, -0.2) is 0 Å². The van der Waals surface area contributed by atoms with Crippen LogP contribution in [0.1, 0.15) is 12.0 Å². The zero-order chi connectivity index (χ0) is 13.0. The smallest absolute Gasteiger partial charge is 0.231 e. The van der Waals surface area contributed by atoms with E-state index in [-0.39, 0.29) is 32.3 Å². The second kappa shape index (κ2) is 5.59. The molecule has 18 heavy (non-hydrogen) atoms. The minimum Gasteiger partial charge on any atom is -0.493 e. The highest BCUT2D eigenvalue weighted by Gasteiger charge is 2.17. The second-order valence-corrected chi connectivity index (χ2v) is 3.74. The third-order valence-electron chi connectivity index (χ3n) is 2.59. The monoisotopic (exact) mass is 253 g/mol. The molecule has 1 aliphatic rings. The van der Waals surface area contributed by atoms with Crippen molar-refractivity contribution in [3.05, 3.63) is 17.7 Å². The number of benzene rings is 1. The molecule has 0 fully saturated rings. The van der Waals surface area contributed by atoms with Crippen molar-refractivity contribution in [2.75, 3.05) is 20.4 Å². The highest BCUT2D eigenvalue weighted by molar-refractivity contribution is 5.75. The van der Waals surface area contributed by atoms with E-state index in [1.807, 2.05) is 0 Å². The molecule has 6 heteroatoms. The highest BCUT2D eigenvalue weighted by Crippen LogP contribution is 2.38. The Labute approximate surface area is 104 Å². The zero-order valence-corrected chi connectivity index (χ0v) is 10.1. The lowest BCUT2D eigenvalue weighted by atomic mass is 10.2.